The van der Waals surface area contributed by atoms with Crippen LogP contribution in [-0.4, -0.2) is 0 Å². The first-order valence-electron chi connectivity index (χ1n) is 6.47. The topological polar surface area (TPSA) is 38.0 Å². The molecule has 0 aromatic carbocycles. The fourth-order valence-corrected chi connectivity index (χ4v) is 4.88. The van der Waals surface area contributed by atoms with Crippen LogP contribution in [0, 0.1) is 17.8 Å². The Labute approximate surface area is 112 Å². The summed E-state index contributed by atoms with van der Waals surface area (Å²) in [7, 11) is 0. The molecule has 4 atom stereocenters. The molecule has 1 aromatic heterocycles. The number of fused-ring (bicyclic) bond motifs is 2. The predicted octanol–water partition coefficient (Wildman–Crippen LogP) is 3.73. The molecule has 0 radical (unpaired) electrons. The van der Waals surface area contributed by atoms with Crippen molar-refractivity contribution >= 4 is 22.9 Å². The first kappa shape index (κ1) is 12.0. The van der Waals surface area contributed by atoms with Crippen LogP contribution in [0.2, 0.25) is 4.34 Å². The Kier molecular flexibility index (Phi) is 3.44. The summed E-state index contributed by atoms with van der Waals surface area (Å²) in [5, 5.41) is 0. The molecule has 0 aliphatic heterocycles. The van der Waals surface area contributed by atoms with Gasteiger partial charge in [-0.1, -0.05) is 18.0 Å². The minimum absolute atomic E-state index is 0.289. The summed E-state index contributed by atoms with van der Waals surface area (Å²) >= 11 is 7.64. The van der Waals surface area contributed by atoms with E-state index in [2.05, 4.69) is 11.5 Å². The van der Waals surface area contributed by atoms with Gasteiger partial charge in [0.1, 0.15) is 0 Å². The maximum Gasteiger partial charge on any atom is 0.0931 e. The summed E-state index contributed by atoms with van der Waals surface area (Å²) in [4.78, 5) is 1.28. The van der Waals surface area contributed by atoms with Gasteiger partial charge in [0.15, 0.2) is 0 Å². The summed E-state index contributed by atoms with van der Waals surface area (Å²) in [6.07, 6.45) is 6.97. The van der Waals surface area contributed by atoms with Crippen LogP contribution in [-0.2, 0) is 0 Å². The van der Waals surface area contributed by atoms with Gasteiger partial charge in [-0.3, -0.25) is 11.3 Å². The van der Waals surface area contributed by atoms with Crippen molar-refractivity contribution in [1.29, 1.82) is 0 Å². The minimum Gasteiger partial charge on any atom is -0.271 e. The molecule has 4 unspecified atom stereocenters. The molecule has 0 amide bonds. The number of hydrazine groups is 1. The average Bonchev–Trinajstić information content (AvgIpc) is 3.01. The zero-order valence-electron chi connectivity index (χ0n) is 9.86. The molecule has 2 bridgehead atoms. The molecule has 2 saturated carbocycles. The third kappa shape index (κ3) is 2.39. The largest absolute Gasteiger partial charge is 0.271 e. The number of hydrogen-bond acceptors (Lipinski definition) is 3. The van der Waals surface area contributed by atoms with Gasteiger partial charge in [0.25, 0.3) is 0 Å². The fourth-order valence-electron chi connectivity index (χ4n) is 3.75. The number of nitrogens with two attached hydrogens (primary N) is 1. The standard InChI is InChI=1S/C13H19ClN2S/c14-13-4-3-12(17-13)11(16-15)7-10-6-8-1-2-9(10)5-8/h3-4,8-11,16H,1-2,5-7,15H2. The zero-order chi connectivity index (χ0) is 11.8. The molecule has 4 heteroatoms. The summed E-state index contributed by atoms with van der Waals surface area (Å²) in [6.45, 7) is 0. The lowest BCUT2D eigenvalue weighted by molar-refractivity contribution is 0.281. The lowest BCUT2D eigenvalue weighted by atomic mass is 9.84. The van der Waals surface area contributed by atoms with Crippen molar-refractivity contribution in [3.8, 4) is 0 Å². The number of rotatable bonds is 4. The van der Waals surface area contributed by atoms with Gasteiger partial charge in [-0.15, -0.1) is 11.3 Å². The Morgan fingerprint density at radius 1 is 1.41 bits per heavy atom. The van der Waals surface area contributed by atoms with Crippen LogP contribution in [0.15, 0.2) is 12.1 Å². The third-order valence-corrected chi connectivity index (χ3v) is 5.91. The maximum absolute atomic E-state index is 5.99. The van der Waals surface area contributed by atoms with Gasteiger partial charge >= 0.3 is 0 Å². The molecule has 17 heavy (non-hydrogen) atoms. The average molecular weight is 271 g/mol. The molecule has 3 N–H and O–H groups in total. The second-order valence-corrected chi connectivity index (χ2v) is 7.28. The van der Waals surface area contributed by atoms with Crippen molar-refractivity contribution in [2.45, 2.75) is 38.1 Å². The van der Waals surface area contributed by atoms with Crippen molar-refractivity contribution in [3.63, 3.8) is 0 Å². The molecule has 2 aliphatic carbocycles. The van der Waals surface area contributed by atoms with Gasteiger partial charge in [-0.05, 0) is 55.6 Å². The second-order valence-electron chi connectivity index (χ2n) is 5.53. The van der Waals surface area contributed by atoms with E-state index >= 15 is 0 Å². The SMILES string of the molecule is NNC(CC1CC2CCC1C2)c1ccc(Cl)s1. The van der Waals surface area contributed by atoms with Crippen molar-refractivity contribution in [1.82, 2.24) is 5.43 Å². The minimum atomic E-state index is 0.289. The highest BCUT2D eigenvalue weighted by Crippen LogP contribution is 2.51. The number of nitrogens with one attached hydrogen (secondary N) is 1. The number of thiophene rings is 1. The smallest absolute Gasteiger partial charge is 0.0931 e. The van der Waals surface area contributed by atoms with Crippen LogP contribution in [0.25, 0.3) is 0 Å². The molecule has 0 saturated heterocycles. The van der Waals surface area contributed by atoms with E-state index in [1.54, 1.807) is 11.3 Å². The van der Waals surface area contributed by atoms with E-state index < -0.39 is 0 Å². The van der Waals surface area contributed by atoms with Gasteiger partial charge in [-0.2, -0.15) is 0 Å². The quantitative estimate of drug-likeness (QED) is 0.646. The molecule has 94 valence electrons. The van der Waals surface area contributed by atoms with Crippen molar-refractivity contribution in [2.75, 3.05) is 0 Å². The summed E-state index contributed by atoms with van der Waals surface area (Å²) in [6, 6.07) is 4.36. The molecule has 2 nitrogen and oxygen atoms in total. The van der Waals surface area contributed by atoms with Gasteiger partial charge in [0.2, 0.25) is 0 Å². The Bertz CT molecular complexity index is 393. The van der Waals surface area contributed by atoms with Crippen molar-refractivity contribution in [3.05, 3.63) is 21.3 Å². The van der Waals surface area contributed by atoms with E-state index in [4.69, 9.17) is 17.4 Å². The Balaban J connectivity index is 1.66. The molecular weight excluding hydrogens is 252 g/mol. The van der Waals surface area contributed by atoms with E-state index in [9.17, 15) is 0 Å². The van der Waals surface area contributed by atoms with Crippen LogP contribution in [0.5, 0.6) is 0 Å². The van der Waals surface area contributed by atoms with Gasteiger partial charge in [0.05, 0.1) is 10.4 Å². The van der Waals surface area contributed by atoms with E-state index in [0.29, 0.717) is 0 Å². The zero-order valence-corrected chi connectivity index (χ0v) is 11.4. The van der Waals surface area contributed by atoms with E-state index in [0.717, 1.165) is 22.1 Å². The molecule has 1 heterocycles. The first-order valence-corrected chi connectivity index (χ1v) is 7.67. The van der Waals surface area contributed by atoms with Crippen LogP contribution < -0.4 is 11.3 Å². The normalized spacial score (nSPS) is 33.2. The van der Waals surface area contributed by atoms with Gasteiger partial charge in [-0.25, -0.2) is 0 Å². The van der Waals surface area contributed by atoms with E-state index in [-0.39, 0.29) is 6.04 Å². The highest BCUT2D eigenvalue weighted by Gasteiger charge is 2.40. The third-order valence-electron chi connectivity index (χ3n) is 4.56. The number of halogens is 1. The monoisotopic (exact) mass is 270 g/mol. The summed E-state index contributed by atoms with van der Waals surface area (Å²) in [5.41, 5.74) is 2.97. The van der Waals surface area contributed by atoms with E-state index in [1.807, 2.05) is 6.07 Å². The van der Waals surface area contributed by atoms with Crippen molar-refractivity contribution < 1.29 is 0 Å². The Morgan fingerprint density at radius 2 is 2.29 bits per heavy atom. The molecule has 3 rings (SSSR count). The molecule has 2 aliphatic rings. The second kappa shape index (κ2) is 4.88. The highest BCUT2D eigenvalue weighted by molar-refractivity contribution is 7.16. The summed E-state index contributed by atoms with van der Waals surface area (Å²) in [5.74, 6) is 8.55. The number of hydrogen-bond donors (Lipinski definition) is 2. The highest BCUT2D eigenvalue weighted by atomic mass is 35.5. The van der Waals surface area contributed by atoms with E-state index in [1.165, 1.54) is 37.0 Å². The Hall–Kier alpha value is -0.0900. The van der Waals surface area contributed by atoms with Crippen molar-refractivity contribution in [2.24, 2.45) is 23.6 Å². The van der Waals surface area contributed by atoms with Crippen LogP contribution in [0.1, 0.15) is 43.0 Å². The summed E-state index contributed by atoms with van der Waals surface area (Å²) < 4.78 is 0.855. The first-order chi connectivity index (χ1) is 8.26. The lowest BCUT2D eigenvalue weighted by Gasteiger charge is -2.25. The lowest BCUT2D eigenvalue weighted by Crippen LogP contribution is -2.30. The van der Waals surface area contributed by atoms with Crippen LogP contribution >= 0.6 is 22.9 Å². The van der Waals surface area contributed by atoms with Gasteiger partial charge in [0, 0.05) is 4.88 Å². The molecular formula is C13H19ClN2S. The maximum atomic E-state index is 5.99. The fraction of sp³-hybridized carbons (Fsp3) is 0.692. The predicted molar refractivity (Wildman–Crippen MR) is 72.9 cm³/mol. The molecule has 2 fully saturated rings. The van der Waals surface area contributed by atoms with Gasteiger partial charge < -0.3 is 0 Å². The molecule has 1 aromatic rings. The molecule has 0 spiro atoms. The van der Waals surface area contributed by atoms with Crippen LogP contribution in [0.4, 0.5) is 0 Å². The van der Waals surface area contributed by atoms with Crippen LogP contribution in [0.3, 0.4) is 0 Å². The Morgan fingerprint density at radius 3 is 2.82 bits per heavy atom.